The molecule has 0 spiro atoms. The SMILES string of the molecule is C/C(=C/c1ccccc1)CNCc1ccc(C(=O)N2CCCCC2)cc1. The monoisotopic (exact) mass is 348 g/mol. The predicted octanol–water partition coefficient (Wildman–Crippen LogP) is 4.51. The van der Waals surface area contributed by atoms with Gasteiger partial charge in [0.25, 0.3) is 5.91 Å². The summed E-state index contributed by atoms with van der Waals surface area (Å²) in [6.45, 7) is 5.59. The van der Waals surface area contributed by atoms with Crippen molar-refractivity contribution in [2.45, 2.75) is 32.7 Å². The molecule has 136 valence electrons. The van der Waals surface area contributed by atoms with Gasteiger partial charge in [0.2, 0.25) is 0 Å². The van der Waals surface area contributed by atoms with Gasteiger partial charge in [-0.3, -0.25) is 4.79 Å². The summed E-state index contributed by atoms with van der Waals surface area (Å²) in [6, 6.07) is 18.4. The summed E-state index contributed by atoms with van der Waals surface area (Å²) in [5.74, 6) is 0.172. The molecule has 0 radical (unpaired) electrons. The maximum Gasteiger partial charge on any atom is 0.253 e. The third-order valence-electron chi connectivity index (χ3n) is 4.79. The molecule has 26 heavy (non-hydrogen) atoms. The van der Waals surface area contributed by atoms with Gasteiger partial charge < -0.3 is 10.2 Å². The van der Waals surface area contributed by atoms with Crippen LogP contribution in [0.4, 0.5) is 0 Å². The second-order valence-corrected chi connectivity index (χ2v) is 7.05. The molecule has 0 saturated carbocycles. The van der Waals surface area contributed by atoms with E-state index in [1.165, 1.54) is 23.1 Å². The first-order valence-electron chi connectivity index (χ1n) is 9.53. The van der Waals surface area contributed by atoms with Gasteiger partial charge in [-0.1, -0.05) is 54.1 Å². The molecule has 3 nitrogen and oxygen atoms in total. The predicted molar refractivity (Wildman–Crippen MR) is 108 cm³/mol. The average Bonchev–Trinajstić information content (AvgIpc) is 2.69. The quantitative estimate of drug-likeness (QED) is 0.833. The molecule has 1 aliphatic rings. The highest BCUT2D eigenvalue weighted by atomic mass is 16.2. The number of likely N-dealkylation sites (tertiary alicyclic amines) is 1. The van der Waals surface area contributed by atoms with E-state index in [0.29, 0.717) is 0 Å². The average molecular weight is 348 g/mol. The van der Waals surface area contributed by atoms with Crippen LogP contribution in [0, 0.1) is 0 Å². The van der Waals surface area contributed by atoms with Crippen LogP contribution in [-0.4, -0.2) is 30.4 Å². The van der Waals surface area contributed by atoms with E-state index >= 15 is 0 Å². The van der Waals surface area contributed by atoms with Gasteiger partial charge >= 0.3 is 0 Å². The molecule has 2 aromatic rings. The van der Waals surface area contributed by atoms with Crippen LogP contribution in [0.15, 0.2) is 60.2 Å². The fourth-order valence-electron chi connectivity index (χ4n) is 3.33. The molecule has 0 atom stereocenters. The molecular weight excluding hydrogens is 320 g/mol. The Kier molecular flexibility index (Phi) is 6.62. The van der Waals surface area contributed by atoms with Crippen molar-refractivity contribution in [1.82, 2.24) is 10.2 Å². The summed E-state index contributed by atoms with van der Waals surface area (Å²) in [7, 11) is 0. The minimum atomic E-state index is 0.172. The zero-order valence-corrected chi connectivity index (χ0v) is 15.6. The van der Waals surface area contributed by atoms with Crippen molar-refractivity contribution in [3.8, 4) is 0 Å². The fraction of sp³-hybridized carbons (Fsp3) is 0.348. The van der Waals surface area contributed by atoms with E-state index < -0.39 is 0 Å². The van der Waals surface area contributed by atoms with Crippen molar-refractivity contribution >= 4 is 12.0 Å². The van der Waals surface area contributed by atoms with Gasteiger partial charge in [0.15, 0.2) is 0 Å². The number of hydrogen-bond acceptors (Lipinski definition) is 2. The summed E-state index contributed by atoms with van der Waals surface area (Å²) < 4.78 is 0. The zero-order chi connectivity index (χ0) is 18.2. The third-order valence-corrected chi connectivity index (χ3v) is 4.79. The van der Waals surface area contributed by atoms with Crippen LogP contribution in [0.2, 0.25) is 0 Å². The maximum atomic E-state index is 12.5. The van der Waals surface area contributed by atoms with Crippen LogP contribution in [0.25, 0.3) is 6.08 Å². The van der Waals surface area contributed by atoms with Crippen molar-refractivity contribution in [2.24, 2.45) is 0 Å². The Balaban J connectivity index is 1.48. The Morgan fingerprint density at radius 2 is 1.69 bits per heavy atom. The number of carbonyl (C=O) groups is 1. The second kappa shape index (κ2) is 9.35. The standard InChI is InChI=1S/C23H28N2O/c1-19(16-20-8-4-2-5-9-20)17-24-18-21-10-12-22(13-11-21)23(26)25-14-6-3-7-15-25/h2,4-5,8-13,16,24H,3,6-7,14-15,17-18H2,1H3/b19-16-. The number of nitrogens with one attached hydrogen (secondary N) is 1. The Morgan fingerprint density at radius 1 is 1.00 bits per heavy atom. The van der Waals surface area contributed by atoms with Gasteiger partial charge in [-0.15, -0.1) is 0 Å². The van der Waals surface area contributed by atoms with Gasteiger partial charge in [0.1, 0.15) is 0 Å². The lowest BCUT2D eigenvalue weighted by molar-refractivity contribution is 0.0724. The zero-order valence-electron chi connectivity index (χ0n) is 15.6. The lowest BCUT2D eigenvalue weighted by Gasteiger charge is -2.26. The van der Waals surface area contributed by atoms with E-state index in [2.05, 4.69) is 54.7 Å². The van der Waals surface area contributed by atoms with Crippen LogP contribution in [-0.2, 0) is 6.54 Å². The molecule has 0 aliphatic carbocycles. The number of nitrogens with zero attached hydrogens (tertiary/aromatic N) is 1. The first-order chi connectivity index (χ1) is 12.7. The summed E-state index contributed by atoms with van der Waals surface area (Å²) >= 11 is 0. The maximum absolute atomic E-state index is 12.5. The smallest absolute Gasteiger partial charge is 0.253 e. The van der Waals surface area contributed by atoms with Gasteiger partial charge in [-0.25, -0.2) is 0 Å². The Morgan fingerprint density at radius 3 is 2.38 bits per heavy atom. The number of benzene rings is 2. The van der Waals surface area contributed by atoms with Gasteiger partial charge in [0.05, 0.1) is 0 Å². The normalized spacial score (nSPS) is 15.1. The van der Waals surface area contributed by atoms with Gasteiger partial charge in [-0.05, 0) is 49.4 Å². The molecule has 0 aromatic heterocycles. The Hall–Kier alpha value is -2.39. The number of hydrogen-bond donors (Lipinski definition) is 1. The number of carbonyl (C=O) groups excluding carboxylic acids is 1. The first kappa shape index (κ1) is 18.4. The van der Waals surface area contributed by atoms with Gasteiger partial charge in [0, 0.05) is 31.7 Å². The molecule has 0 bridgehead atoms. The van der Waals surface area contributed by atoms with E-state index in [1.807, 2.05) is 23.1 Å². The highest BCUT2D eigenvalue weighted by Crippen LogP contribution is 2.14. The minimum absolute atomic E-state index is 0.172. The van der Waals surface area contributed by atoms with E-state index in [4.69, 9.17) is 0 Å². The highest BCUT2D eigenvalue weighted by Gasteiger charge is 2.17. The van der Waals surface area contributed by atoms with Crippen molar-refractivity contribution < 1.29 is 4.79 Å². The minimum Gasteiger partial charge on any atom is -0.339 e. The van der Waals surface area contributed by atoms with E-state index in [0.717, 1.165) is 44.6 Å². The van der Waals surface area contributed by atoms with Crippen molar-refractivity contribution in [1.29, 1.82) is 0 Å². The molecule has 1 heterocycles. The molecule has 1 N–H and O–H groups in total. The molecule has 1 amide bonds. The van der Waals surface area contributed by atoms with E-state index in [-0.39, 0.29) is 5.91 Å². The molecule has 1 saturated heterocycles. The van der Waals surface area contributed by atoms with Gasteiger partial charge in [-0.2, -0.15) is 0 Å². The van der Waals surface area contributed by atoms with E-state index in [9.17, 15) is 4.79 Å². The molecule has 0 unspecified atom stereocenters. The first-order valence-corrected chi connectivity index (χ1v) is 9.53. The molecule has 3 rings (SSSR count). The van der Waals surface area contributed by atoms with Crippen LogP contribution < -0.4 is 5.32 Å². The Bertz CT molecular complexity index is 729. The second-order valence-electron chi connectivity index (χ2n) is 7.05. The van der Waals surface area contributed by atoms with Crippen LogP contribution in [0.3, 0.4) is 0 Å². The molecule has 3 heteroatoms. The molecule has 1 fully saturated rings. The van der Waals surface area contributed by atoms with Crippen LogP contribution >= 0.6 is 0 Å². The Labute approximate surface area is 156 Å². The molecular formula is C23H28N2O. The molecule has 1 aliphatic heterocycles. The lowest BCUT2D eigenvalue weighted by Crippen LogP contribution is -2.35. The van der Waals surface area contributed by atoms with Crippen molar-refractivity contribution in [3.05, 3.63) is 76.9 Å². The third kappa shape index (κ3) is 5.30. The molecule has 2 aromatic carbocycles. The van der Waals surface area contributed by atoms with E-state index in [1.54, 1.807) is 0 Å². The highest BCUT2D eigenvalue weighted by molar-refractivity contribution is 5.94. The van der Waals surface area contributed by atoms with Crippen molar-refractivity contribution in [3.63, 3.8) is 0 Å². The summed E-state index contributed by atoms with van der Waals surface area (Å²) in [6.07, 6.45) is 5.70. The topological polar surface area (TPSA) is 32.3 Å². The van der Waals surface area contributed by atoms with Crippen LogP contribution in [0.5, 0.6) is 0 Å². The summed E-state index contributed by atoms with van der Waals surface area (Å²) in [5.41, 5.74) is 4.53. The number of amides is 1. The summed E-state index contributed by atoms with van der Waals surface area (Å²) in [5, 5.41) is 3.47. The summed E-state index contributed by atoms with van der Waals surface area (Å²) in [4.78, 5) is 14.5. The lowest BCUT2D eigenvalue weighted by atomic mass is 10.1. The largest absolute Gasteiger partial charge is 0.339 e. The van der Waals surface area contributed by atoms with Crippen LogP contribution in [0.1, 0.15) is 47.7 Å². The van der Waals surface area contributed by atoms with Crippen molar-refractivity contribution in [2.75, 3.05) is 19.6 Å². The fourth-order valence-corrected chi connectivity index (χ4v) is 3.33. The number of rotatable bonds is 6. The number of piperidine rings is 1.